The molecule has 40 heavy (non-hydrogen) atoms. The fourth-order valence-electron chi connectivity index (χ4n) is 4.02. The summed E-state index contributed by atoms with van der Waals surface area (Å²) in [5.41, 5.74) is 3.95. The van der Waals surface area contributed by atoms with Crippen LogP contribution in [-0.4, -0.2) is 51.8 Å². The van der Waals surface area contributed by atoms with Gasteiger partial charge < -0.3 is 29.3 Å². The molecule has 214 valence electrons. The number of aromatic nitrogens is 3. The fraction of sp³-hybridized carbons (Fsp3) is 0.345. The lowest BCUT2D eigenvalue weighted by atomic mass is 9.85. The smallest absolute Gasteiger partial charge is 0.158 e. The second-order valence-corrected chi connectivity index (χ2v) is 10.2. The third-order valence-corrected chi connectivity index (χ3v) is 6.08. The highest BCUT2D eigenvalue weighted by molar-refractivity contribution is 6.32. The molecule has 0 saturated carbocycles. The van der Waals surface area contributed by atoms with Gasteiger partial charge in [0, 0.05) is 29.4 Å². The van der Waals surface area contributed by atoms with Gasteiger partial charge in [-0.1, -0.05) is 49.7 Å². The van der Waals surface area contributed by atoms with Crippen LogP contribution in [0.3, 0.4) is 0 Å². The van der Waals surface area contributed by atoms with Crippen LogP contribution in [0.4, 0.5) is 11.5 Å². The van der Waals surface area contributed by atoms with Crippen molar-refractivity contribution in [2.45, 2.75) is 34.2 Å². The van der Waals surface area contributed by atoms with E-state index >= 15 is 0 Å². The number of benzene rings is 2. The average molecular weight is 589 g/mol. The third kappa shape index (κ3) is 7.85. The first-order valence-corrected chi connectivity index (χ1v) is 13.2. The summed E-state index contributed by atoms with van der Waals surface area (Å²) in [6.07, 6.45) is 3.46. The molecule has 0 bridgehead atoms. The van der Waals surface area contributed by atoms with E-state index in [1.807, 2.05) is 60.2 Å². The van der Waals surface area contributed by atoms with Crippen LogP contribution >= 0.6 is 24.0 Å². The molecular weight excluding hydrogens is 553 g/mol. The summed E-state index contributed by atoms with van der Waals surface area (Å²) >= 11 is 6.63. The van der Waals surface area contributed by atoms with Crippen molar-refractivity contribution in [3.8, 4) is 11.5 Å². The number of halogens is 2. The molecular formula is C29H35Cl2N5O4. The van der Waals surface area contributed by atoms with Crippen LogP contribution in [0.15, 0.2) is 66.2 Å². The van der Waals surface area contributed by atoms with Crippen molar-refractivity contribution >= 4 is 52.3 Å². The highest BCUT2D eigenvalue weighted by Gasteiger charge is 2.22. The normalized spacial score (nSPS) is 11.8. The van der Waals surface area contributed by atoms with Gasteiger partial charge in [-0.25, -0.2) is 9.97 Å². The molecule has 2 aromatic carbocycles. The van der Waals surface area contributed by atoms with Crippen molar-refractivity contribution < 1.29 is 19.4 Å². The number of fused-ring (bicyclic) bond motifs is 1. The number of anilines is 2. The van der Waals surface area contributed by atoms with Gasteiger partial charge in [0.2, 0.25) is 0 Å². The molecule has 2 N–H and O–H groups in total. The maximum absolute atomic E-state index is 8.93. The molecule has 2 aromatic heterocycles. The molecule has 0 spiro atoms. The van der Waals surface area contributed by atoms with Crippen LogP contribution in [-0.2, 0) is 16.1 Å². The number of oxime groups is 1. The van der Waals surface area contributed by atoms with Crippen molar-refractivity contribution in [1.29, 1.82) is 0 Å². The Bertz CT molecular complexity index is 1440. The topological polar surface area (TPSA) is 103 Å². The molecule has 2 heterocycles. The number of hydrogen-bond acceptors (Lipinski definition) is 8. The zero-order chi connectivity index (χ0) is 27.8. The lowest BCUT2D eigenvalue weighted by Crippen LogP contribution is -2.22. The van der Waals surface area contributed by atoms with Gasteiger partial charge in [0.15, 0.2) is 5.82 Å². The Morgan fingerprint density at radius 1 is 1.10 bits per heavy atom. The summed E-state index contributed by atoms with van der Waals surface area (Å²) in [7, 11) is 0. The Hall–Kier alpha value is -3.37. The summed E-state index contributed by atoms with van der Waals surface area (Å²) in [4.78, 5) is 14.2. The minimum atomic E-state index is -0.211. The molecule has 9 nitrogen and oxygen atoms in total. The molecule has 4 aromatic rings. The number of nitrogens with zero attached hydrogens (tertiary/aromatic N) is 4. The van der Waals surface area contributed by atoms with Gasteiger partial charge in [0.25, 0.3) is 0 Å². The zero-order valence-corrected chi connectivity index (χ0v) is 24.6. The summed E-state index contributed by atoms with van der Waals surface area (Å²) in [6.45, 7) is 10.0. The fourth-order valence-corrected chi connectivity index (χ4v) is 4.24. The Balaban J connectivity index is 0.00000441. The van der Waals surface area contributed by atoms with E-state index in [9.17, 15) is 0 Å². The van der Waals surface area contributed by atoms with E-state index in [1.165, 1.54) is 6.33 Å². The Kier molecular flexibility index (Phi) is 11.2. The van der Waals surface area contributed by atoms with Gasteiger partial charge in [-0.05, 0) is 43.3 Å². The second-order valence-electron chi connectivity index (χ2n) is 9.81. The van der Waals surface area contributed by atoms with Crippen molar-refractivity contribution in [1.82, 2.24) is 14.5 Å². The Labute approximate surface area is 245 Å². The number of ether oxygens (including phenoxy) is 2. The maximum atomic E-state index is 8.93. The molecule has 0 aliphatic carbocycles. The van der Waals surface area contributed by atoms with E-state index in [0.29, 0.717) is 48.7 Å². The predicted molar refractivity (Wildman–Crippen MR) is 162 cm³/mol. The van der Waals surface area contributed by atoms with Gasteiger partial charge in [-0.15, -0.1) is 12.4 Å². The minimum absolute atomic E-state index is 0. The third-order valence-electron chi connectivity index (χ3n) is 5.79. The molecule has 11 heteroatoms. The van der Waals surface area contributed by atoms with E-state index in [0.717, 1.165) is 28.0 Å². The molecule has 0 fully saturated rings. The molecule has 0 saturated heterocycles. The highest BCUT2D eigenvalue weighted by atomic mass is 35.5. The van der Waals surface area contributed by atoms with Crippen molar-refractivity contribution in [2.24, 2.45) is 10.6 Å². The number of nitrogens with one attached hydrogen (secondary N) is 1. The zero-order valence-electron chi connectivity index (χ0n) is 23.1. The molecule has 0 aliphatic heterocycles. The Morgan fingerprint density at radius 3 is 2.65 bits per heavy atom. The average Bonchev–Trinajstić information content (AvgIpc) is 3.32. The number of hydrogen-bond donors (Lipinski definition) is 2. The van der Waals surface area contributed by atoms with E-state index < -0.39 is 0 Å². The lowest BCUT2D eigenvalue weighted by Gasteiger charge is -2.21. The van der Waals surface area contributed by atoms with Crippen LogP contribution in [0.5, 0.6) is 11.5 Å². The van der Waals surface area contributed by atoms with Crippen LogP contribution in [0.2, 0.25) is 5.02 Å². The number of aliphatic hydroxyl groups is 1. The minimum Gasteiger partial charge on any atom is -0.456 e. The van der Waals surface area contributed by atoms with E-state index in [1.54, 1.807) is 6.07 Å². The molecule has 0 radical (unpaired) electrons. The van der Waals surface area contributed by atoms with Gasteiger partial charge in [0.05, 0.1) is 36.1 Å². The van der Waals surface area contributed by atoms with E-state index in [-0.39, 0.29) is 24.4 Å². The SMILES string of the molecule is CCON=C(c1cccc(Oc2ccc(Nc3ncnc4ccn(CCOCCO)c34)cc2Cl)c1)C(C)(C)C.Cl. The molecule has 0 atom stereocenters. The van der Waals surface area contributed by atoms with Crippen LogP contribution in [0.25, 0.3) is 11.0 Å². The predicted octanol–water partition coefficient (Wildman–Crippen LogP) is 6.84. The summed E-state index contributed by atoms with van der Waals surface area (Å²) < 4.78 is 13.6. The molecule has 0 aliphatic rings. The van der Waals surface area contributed by atoms with E-state index in [4.69, 9.17) is 31.0 Å². The van der Waals surface area contributed by atoms with Crippen molar-refractivity contribution in [3.63, 3.8) is 0 Å². The Morgan fingerprint density at radius 2 is 1.93 bits per heavy atom. The highest BCUT2D eigenvalue weighted by Crippen LogP contribution is 2.34. The quantitative estimate of drug-likeness (QED) is 0.106. The van der Waals surface area contributed by atoms with E-state index in [2.05, 4.69) is 41.2 Å². The van der Waals surface area contributed by atoms with Crippen molar-refractivity contribution in [2.75, 3.05) is 31.7 Å². The monoisotopic (exact) mass is 587 g/mol. The number of rotatable bonds is 12. The second kappa shape index (κ2) is 14.3. The first-order chi connectivity index (χ1) is 18.8. The molecule has 0 unspecified atom stereocenters. The van der Waals surface area contributed by atoms with Crippen molar-refractivity contribution in [3.05, 3.63) is 71.6 Å². The lowest BCUT2D eigenvalue weighted by molar-refractivity contribution is 0.0875. The first-order valence-electron chi connectivity index (χ1n) is 12.8. The first kappa shape index (κ1) is 31.2. The number of aliphatic hydroxyl groups excluding tert-OH is 1. The standard InChI is InChI=1S/C29H34ClN5O4.ClH/c1-5-38-34-27(29(2,3)4)20-7-6-8-22(17-20)39-25-10-9-21(18-23(25)30)33-28-26-24(31-19-32-28)11-12-35(26)13-15-37-16-14-36;/h6-12,17-19,36H,5,13-16H2,1-4H3,(H,31,32,33);1H. The van der Waals surface area contributed by atoms with Crippen LogP contribution in [0, 0.1) is 5.41 Å². The largest absolute Gasteiger partial charge is 0.456 e. The van der Waals surface area contributed by atoms with Gasteiger partial charge in [-0.2, -0.15) is 0 Å². The molecule has 0 amide bonds. The van der Waals surface area contributed by atoms with Gasteiger partial charge >= 0.3 is 0 Å². The van der Waals surface area contributed by atoms with Gasteiger partial charge in [-0.3, -0.25) is 0 Å². The maximum Gasteiger partial charge on any atom is 0.158 e. The van der Waals surface area contributed by atoms with Crippen LogP contribution < -0.4 is 10.1 Å². The van der Waals surface area contributed by atoms with Gasteiger partial charge in [0.1, 0.15) is 29.9 Å². The summed E-state index contributed by atoms with van der Waals surface area (Å²) in [5.74, 6) is 1.81. The summed E-state index contributed by atoms with van der Waals surface area (Å²) in [6, 6.07) is 15.1. The van der Waals surface area contributed by atoms with Crippen LogP contribution in [0.1, 0.15) is 33.3 Å². The molecule has 4 rings (SSSR count). The summed E-state index contributed by atoms with van der Waals surface area (Å²) in [5, 5.41) is 17.1.